The van der Waals surface area contributed by atoms with Gasteiger partial charge in [0.05, 0.1) is 17.0 Å². The van der Waals surface area contributed by atoms with Crippen LogP contribution in [0.4, 0.5) is 0 Å². The van der Waals surface area contributed by atoms with Gasteiger partial charge in [-0.1, -0.05) is 13.8 Å². The summed E-state index contributed by atoms with van der Waals surface area (Å²) in [6.07, 6.45) is 2.03. The maximum atomic E-state index is 12.4. The van der Waals surface area contributed by atoms with Gasteiger partial charge in [0.1, 0.15) is 0 Å². The number of aryl methyl sites for hydroxylation is 1. The molecule has 4 nitrogen and oxygen atoms in total. The number of aromatic nitrogens is 1. The van der Waals surface area contributed by atoms with Gasteiger partial charge >= 0.3 is 0 Å². The number of nitrogens with zero attached hydrogens (tertiary/aromatic N) is 1. The van der Waals surface area contributed by atoms with E-state index in [4.69, 9.17) is 0 Å². The van der Waals surface area contributed by atoms with Crippen LogP contribution in [-0.2, 0) is 21.8 Å². The van der Waals surface area contributed by atoms with Crippen molar-refractivity contribution in [3.05, 3.63) is 23.0 Å². The van der Waals surface area contributed by atoms with E-state index in [0.717, 1.165) is 23.4 Å². The van der Waals surface area contributed by atoms with Crippen LogP contribution >= 0.6 is 0 Å². The van der Waals surface area contributed by atoms with Crippen molar-refractivity contribution in [2.75, 3.05) is 11.5 Å². The van der Waals surface area contributed by atoms with Gasteiger partial charge in [0.25, 0.3) is 0 Å². The van der Waals surface area contributed by atoms with Crippen molar-refractivity contribution in [2.45, 2.75) is 52.5 Å². The number of Topliss-reactive ketones (excluding diaryl/α,β-unsaturated/α-hetero) is 1. The highest BCUT2D eigenvalue weighted by molar-refractivity contribution is 7.91. The number of ketones is 1. The van der Waals surface area contributed by atoms with Gasteiger partial charge in [0, 0.05) is 23.4 Å². The fourth-order valence-corrected chi connectivity index (χ4v) is 6.19. The number of rotatable bonds is 1. The van der Waals surface area contributed by atoms with Crippen molar-refractivity contribution in [1.29, 1.82) is 0 Å². The molecule has 1 aromatic heterocycles. The Morgan fingerprint density at radius 3 is 2.43 bits per heavy atom. The van der Waals surface area contributed by atoms with Crippen LogP contribution in [0, 0.1) is 12.3 Å². The fraction of sp³-hybridized carbons (Fsp3) is 0.688. The summed E-state index contributed by atoms with van der Waals surface area (Å²) in [6.45, 7) is 8.20. The molecule has 1 aliphatic carbocycles. The SMILES string of the molecule is Cc1cc2c(n1C1(C)CCS(=O)(=O)C1)CC(C)(C)CC2=O. The Labute approximate surface area is 126 Å². The summed E-state index contributed by atoms with van der Waals surface area (Å²) < 4.78 is 26.0. The normalized spacial score (nSPS) is 30.4. The van der Waals surface area contributed by atoms with Gasteiger partial charge in [-0.25, -0.2) is 8.42 Å². The monoisotopic (exact) mass is 309 g/mol. The van der Waals surface area contributed by atoms with Gasteiger partial charge in [0.2, 0.25) is 0 Å². The van der Waals surface area contributed by atoms with Crippen LogP contribution in [0.1, 0.15) is 55.4 Å². The second kappa shape index (κ2) is 4.22. The summed E-state index contributed by atoms with van der Waals surface area (Å²) in [5.74, 6) is 0.608. The standard InChI is InChI=1S/C16H23NO3S/c1-11-7-12-13(8-15(2,3)9-14(12)18)17(11)16(4)5-6-21(19,20)10-16/h7H,5-6,8-10H2,1-4H3. The summed E-state index contributed by atoms with van der Waals surface area (Å²) in [6, 6.07) is 1.95. The minimum absolute atomic E-state index is 0.0551. The third-order valence-electron chi connectivity index (χ3n) is 4.89. The van der Waals surface area contributed by atoms with Crippen molar-refractivity contribution in [1.82, 2.24) is 4.57 Å². The zero-order valence-corrected chi connectivity index (χ0v) is 14.0. The molecular weight excluding hydrogens is 286 g/mol. The summed E-state index contributed by atoms with van der Waals surface area (Å²) >= 11 is 0. The van der Waals surface area contributed by atoms with E-state index in [9.17, 15) is 13.2 Å². The lowest BCUT2D eigenvalue weighted by Crippen LogP contribution is -2.37. The summed E-state index contributed by atoms with van der Waals surface area (Å²) in [5.41, 5.74) is 2.38. The maximum Gasteiger partial charge on any atom is 0.165 e. The van der Waals surface area contributed by atoms with Crippen molar-refractivity contribution in [3.8, 4) is 0 Å². The molecular formula is C16H23NO3S. The zero-order valence-electron chi connectivity index (χ0n) is 13.2. The number of hydrogen-bond donors (Lipinski definition) is 0. The molecule has 0 amide bonds. The molecule has 3 rings (SSSR count). The number of fused-ring (bicyclic) bond motifs is 1. The second-order valence-corrected chi connectivity index (χ2v) is 9.95. The van der Waals surface area contributed by atoms with Gasteiger partial charge in [0.15, 0.2) is 15.6 Å². The Morgan fingerprint density at radius 2 is 1.86 bits per heavy atom. The first-order chi connectivity index (χ1) is 9.53. The molecule has 1 atom stereocenters. The van der Waals surface area contributed by atoms with E-state index in [2.05, 4.69) is 18.4 Å². The number of sulfone groups is 1. The number of carbonyl (C=O) groups excluding carboxylic acids is 1. The summed E-state index contributed by atoms with van der Waals surface area (Å²) in [7, 11) is -2.97. The molecule has 0 saturated carbocycles. The molecule has 1 fully saturated rings. The molecule has 0 aromatic carbocycles. The molecule has 1 unspecified atom stereocenters. The minimum atomic E-state index is -2.97. The Bertz CT molecular complexity index is 727. The molecule has 116 valence electrons. The van der Waals surface area contributed by atoms with E-state index in [0.29, 0.717) is 12.8 Å². The van der Waals surface area contributed by atoms with Crippen LogP contribution in [0.5, 0.6) is 0 Å². The average molecular weight is 309 g/mol. The zero-order chi connectivity index (χ0) is 15.6. The Balaban J connectivity index is 2.16. The van der Waals surface area contributed by atoms with Crippen LogP contribution in [0.2, 0.25) is 0 Å². The lowest BCUT2D eigenvalue weighted by atomic mass is 9.76. The molecule has 2 heterocycles. The largest absolute Gasteiger partial charge is 0.341 e. The molecule has 1 aliphatic heterocycles. The van der Waals surface area contributed by atoms with E-state index >= 15 is 0 Å². The van der Waals surface area contributed by atoms with Gasteiger partial charge < -0.3 is 4.57 Å². The van der Waals surface area contributed by atoms with Gasteiger partial charge in [-0.05, 0) is 38.2 Å². The minimum Gasteiger partial charge on any atom is -0.341 e. The molecule has 21 heavy (non-hydrogen) atoms. The highest BCUT2D eigenvalue weighted by Gasteiger charge is 2.44. The maximum absolute atomic E-state index is 12.4. The Morgan fingerprint density at radius 1 is 1.19 bits per heavy atom. The van der Waals surface area contributed by atoms with Crippen LogP contribution in [0.15, 0.2) is 6.07 Å². The first kappa shape index (κ1) is 14.8. The van der Waals surface area contributed by atoms with Gasteiger partial charge in [-0.2, -0.15) is 0 Å². The van der Waals surface area contributed by atoms with E-state index in [-0.39, 0.29) is 22.7 Å². The summed E-state index contributed by atoms with van der Waals surface area (Å²) in [4.78, 5) is 12.4. The smallest absolute Gasteiger partial charge is 0.165 e. The van der Waals surface area contributed by atoms with Gasteiger partial charge in [-0.15, -0.1) is 0 Å². The van der Waals surface area contributed by atoms with Crippen molar-refractivity contribution >= 4 is 15.6 Å². The van der Waals surface area contributed by atoms with Crippen LogP contribution in [0.25, 0.3) is 0 Å². The Hall–Kier alpha value is -1.10. The molecule has 0 spiro atoms. The lowest BCUT2D eigenvalue weighted by Gasteiger charge is -2.35. The highest BCUT2D eigenvalue weighted by Crippen LogP contribution is 2.41. The molecule has 1 aromatic rings. The molecule has 5 heteroatoms. The van der Waals surface area contributed by atoms with Crippen molar-refractivity contribution < 1.29 is 13.2 Å². The fourth-order valence-electron chi connectivity index (χ4n) is 4.07. The van der Waals surface area contributed by atoms with E-state index in [1.54, 1.807) is 0 Å². The van der Waals surface area contributed by atoms with Crippen molar-refractivity contribution in [2.24, 2.45) is 5.41 Å². The highest BCUT2D eigenvalue weighted by atomic mass is 32.2. The second-order valence-electron chi connectivity index (χ2n) is 7.76. The molecule has 1 saturated heterocycles. The van der Waals surface area contributed by atoms with Gasteiger partial charge in [-0.3, -0.25) is 4.79 Å². The summed E-state index contributed by atoms with van der Waals surface area (Å²) in [5, 5.41) is 0. The Kier molecular flexibility index (Phi) is 2.98. The van der Waals surface area contributed by atoms with E-state index in [1.165, 1.54) is 0 Å². The molecule has 0 N–H and O–H groups in total. The van der Waals surface area contributed by atoms with Crippen LogP contribution in [0.3, 0.4) is 0 Å². The topological polar surface area (TPSA) is 56.1 Å². The number of hydrogen-bond acceptors (Lipinski definition) is 3. The third-order valence-corrected chi connectivity index (χ3v) is 6.78. The quantitative estimate of drug-likeness (QED) is 0.801. The van der Waals surface area contributed by atoms with E-state index < -0.39 is 15.4 Å². The predicted octanol–water partition coefficient (Wildman–Crippen LogP) is 2.49. The first-order valence-electron chi connectivity index (χ1n) is 7.48. The third kappa shape index (κ3) is 2.35. The first-order valence-corrected chi connectivity index (χ1v) is 9.31. The van der Waals surface area contributed by atoms with Crippen LogP contribution in [-0.4, -0.2) is 30.3 Å². The lowest BCUT2D eigenvalue weighted by molar-refractivity contribution is 0.0908. The number of carbonyl (C=O) groups is 1. The predicted molar refractivity (Wildman–Crippen MR) is 82.5 cm³/mol. The molecule has 2 aliphatic rings. The average Bonchev–Trinajstić information content (AvgIpc) is 2.75. The van der Waals surface area contributed by atoms with Crippen LogP contribution < -0.4 is 0 Å². The van der Waals surface area contributed by atoms with Crippen molar-refractivity contribution in [3.63, 3.8) is 0 Å². The molecule has 0 bridgehead atoms. The molecule has 0 radical (unpaired) electrons. The van der Waals surface area contributed by atoms with E-state index in [1.807, 2.05) is 19.9 Å².